The zero-order chi connectivity index (χ0) is 22.6. The molecule has 31 heavy (non-hydrogen) atoms. The van der Waals surface area contributed by atoms with Crippen LogP contribution in [0.3, 0.4) is 0 Å². The molecule has 2 atom stereocenters. The van der Waals surface area contributed by atoms with Crippen LogP contribution in [0.5, 0.6) is 0 Å². The Labute approximate surface area is 196 Å². The molecule has 1 aliphatic rings. The van der Waals surface area contributed by atoms with Crippen molar-refractivity contribution in [2.75, 3.05) is 6.54 Å². The minimum Gasteiger partial charge on any atom is -0.459 e. The third kappa shape index (κ3) is 6.71. The van der Waals surface area contributed by atoms with Crippen LogP contribution in [-0.2, 0) is 27.3 Å². The van der Waals surface area contributed by atoms with Crippen molar-refractivity contribution in [3.8, 4) is 0 Å². The van der Waals surface area contributed by atoms with Crippen LogP contribution in [0, 0.1) is 5.92 Å². The normalized spacial score (nSPS) is 18.7. The van der Waals surface area contributed by atoms with Crippen molar-refractivity contribution in [3.05, 3.63) is 69.2 Å². The standard InChI is InChI=1S/C24H27BrClNO4/c1-24(2,3)31-23(29)27-14-18(11-17-9-10-20(26)19(25)12-17)13-21(27)22(28)30-15-16-7-5-4-6-8-16/h4-10,12,18,21H,11,13-15H2,1-3H3/t18-,21+/m0/s1. The van der Waals surface area contributed by atoms with Gasteiger partial charge in [0, 0.05) is 11.0 Å². The number of benzene rings is 2. The van der Waals surface area contributed by atoms with Gasteiger partial charge in [-0.3, -0.25) is 4.90 Å². The molecule has 0 saturated carbocycles. The molecule has 3 rings (SSSR count). The molecule has 0 N–H and O–H groups in total. The molecule has 1 saturated heterocycles. The van der Waals surface area contributed by atoms with E-state index in [9.17, 15) is 9.59 Å². The number of ether oxygens (including phenoxy) is 2. The minimum absolute atomic E-state index is 0.106. The van der Waals surface area contributed by atoms with E-state index in [2.05, 4.69) is 15.9 Å². The maximum atomic E-state index is 12.9. The van der Waals surface area contributed by atoms with E-state index in [1.54, 1.807) is 0 Å². The molecule has 1 heterocycles. The number of rotatable bonds is 5. The van der Waals surface area contributed by atoms with Gasteiger partial charge in [-0.1, -0.05) is 48.0 Å². The highest BCUT2D eigenvalue weighted by molar-refractivity contribution is 9.10. The number of amides is 1. The molecule has 0 aliphatic carbocycles. The number of esters is 1. The first-order chi connectivity index (χ1) is 14.6. The lowest BCUT2D eigenvalue weighted by Crippen LogP contribution is -2.44. The molecule has 1 aliphatic heterocycles. The monoisotopic (exact) mass is 507 g/mol. The molecule has 0 bridgehead atoms. The highest BCUT2D eigenvalue weighted by atomic mass is 79.9. The predicted molar refractivity (Wildman–Crippen MR) is 124 cm³/mol. The first-order valence-corrected chi connectivity index (χ1v) is 11.4. The number of hydrogen-bond acceptors (Lipinski definition) is 4. The van der Waals surface area contributed by atoms with E-state index >= 15 is 0 Å². The molecule has 1 fully saturated rings. The van der Waals surface area contributed by atoms with E-state index in [1.807, 2.05) is 69.3 Å². The van der Waals surface area contributed by atoms with Crippen LogP contribution in [0.15, 0.2) is 53.0 Å². The smallest absolute Gasteiger partial charge is 0.411 e. The zero-order valence-electron chi connectivity index (χ0n) is 17.9. The maximum Gasteiger partial charge on any atom is 0.411 e. The lowest BCUT2D eigenvalue weighted by molar-refractivity contribution is -0.150. The van der Waals surface area contributed by atoms with E-state index in [0.717, 1.165) is 22.0 Å². The van der Waals surface area contributed by atoms with Crippen molar-refractivity contribution in [1.29, 1.82) is 0 Å². The molecule has 0 radical (unpaired) electrons. The Kier molecular flexibility index (Phi) is 7.65. The topological polar surface area (TPSA) is 55.8 Å². The summed E-state index contributed by atoms with van der Waals surface area (Å²) in [5.74, 6) is -0.302. The molecule has 2 aromatic rings. The van der Waals surface area contributed by atoms with E-state index in [4.69, 9.17) is 21.1 Å². The summed E-state index contributed by atoms with van der Waals surface area (Å²) in [7, 11) is 0. The zero-order valence-corrected chi connectivity index (χ0v) is 20.3. The molecule has 0 aromatic heterocycles. The summed E-state index contributed by atoms with van der Waals surface area (Å²) < 4.78 is 11.9. The Hall–Kier alpha value is -2.05. The molecular weight excluding hydrogens is 482 g/mol. The second kappa shape index (κ2) is 10.0. The fourth-order valence-corrected chi connectivity index (χ4v) is 4.19. The van der Waals surface area contributed by atoms with Gasteiger partial charge in [-0.2, -0.15) is 0 Å². The third-order valence-electron chi connectivity index (χ3n) is 5.02. The summed E-state index contributed by atoms with van der Waals surface area (Å²) in [6.45, 7) is 6.04. The third-order valence-corrected chi connectivity index (χ3v) is 6.23. The summed E-state index contributed by atoms with van der Waals surface area (Å²) in [6, 6.07) is 14.6. The fourth-order valence-electron chi connectivity index (χ4n) is 3.64. The minimum atomic E-state index is -0.667. The molecule has 5 nitrogen and oxygen atoms in total. The number of likely N-dealkylation sites (tertiary alicyclic amines) is 1. The largest absolute Gasteiger partial charge is 0.459 e. The first kappa shape index (κ1) is 23.6. The van der Waals surface area contributed by atoms with Gasteiger partial charge < -0.3 is 9.47 Å². The van der Waals surface area contributed by atoms with E-state index in [1.165, 1.54) is 4.90 Å². The van der Waals surface area contributed by atoms with E-state index < -0.39 is 23.7 Å². The summed E-state index contributed by atoms with van der Waals surface area (Å²) in [6.07, 6.45) is 0.749. The van der Waals surface area contributed by atoms with Crippen molar-refractivity contribution in [2.45, 2.75) is 51.9 Å². The average Bonchev–Trinajstić information content (AvgIpc) is 3.12. The molecular formula is C24H27BrClNO4. The number of carbonyl (C=O) groups excluding carboxylic acids is 2. The number of nitrogens with zero attached hydrogens (tertiary/aromatic N) is 1. The van der Waals surface area contributed by atoms with Crippen molar-refractivity contribution in [2.24, 2.45) is 5.92 Å². The molecule has 166 valence electrons. The van der Waals surface area contributed by atoms with Crippen LogP contribution in [0.4, 0.5) is 4.79 Å². The van der Waals surface area contributed by atoms with Gasteiger partial charge in [-0.15, -0.1) is 0 Å². The van der Waals surface area contributed by atoms with Crippen molar-refractivity contribution < 1.29 is 19.1 Å². The van der Waals surface area contributed by atoms with Gasteiger partial charge in [0.1, 0.15) is 18.2 Å². The summed E-state index contributed by atoms with van der Waals surface area (Å²) in [4.78, 5) is 27.2. The van der Waals surface area contributed by atoms with E-state index in [-0.39, 0.29) is 12.5 Å². The van der Waals surface area contributed by atoms with Gasteiger partial charge >= 0.3 is 12.1 Å². The molecule has 7 heteroatoms. The SMILES string of the molecule is CC(C)(C)OC(=O)N1C[C@@H](Cc2ccc(Cl)c(Br)c2)C[C@@H]1C(=O)OCc1ccccc1. The lowest BCUT2D eigenvalue weighted by Gasteiger charge is -2.27. The van der Waals surface area contributed by atoms with Crippen LogP contribution in [0.1, 0.15) is 38.3 Å². The second-order valence-corrected chi connectivity index (χ2v) is 10.1. The Morgan fingerprint density at radius 2 is 1.84 bits per heavy atom. The summed E-state index contributed by atoms with van der Waals surface area (Å²) in [5.41, 5.74) is 1.35. The Morgan fingerprint density at radius 3 is 2.48 bits per heavy atom. The van der Waals surface area contributed by atoms with Crippen molar-refractivity contribution in [1.82, 2.24) is 4.90 Å². The quantitative estimate of drug-likeness (QED) is 0.464. The number of halogens is 2. The van der Waals surface area contributed by atoms with Gasteiger partial charge in [0.05, 0.1) is 5.02 Å². The van der Waals surface area contributed by atoms with Crippen LogP contribution >= 0.6 is 27.5 Å². The van der Waals surface area contributed by atoms with Crippen LogP contribution in [0.25, 0.3) is 0 Å². The Morgan fingerprint density at radius 1 is 1.13 bits per heavy atom. The number of carbonyl (C=O) groups is 2. The maximum absolute atomic E-state index is 12.9. The van der Waals surface area contributed by atoms with Gasteiger partial charge in [0.25, 0.3) is 0 Å². The van der Waals surface area contributed by atoms with Gasteiger partial charge in [0.2, 0.25) is 0 Å². The summed E-state index contributed by atoms with van der Waals surface area (Å²) >= 11 is 9.55. The average molecular weight is 509 g/mol. The molecule has 2 aromatic carbocycles. The van der Waals surface area contributed by atoms with E-state index in [0.29, 0.717) is 18.0 Å². The molecule has 1 amide bonds. The van der Waals surface area contributed by atoms with Crippen LogP contribution < -0.4 is 0 Å². The molecule has 0 spiro atoms. The Balaban J connectivity index is 1.72. The lowest BCUT2D eigenvalue weighted by atomic mass is 9.97. The van der Waals surface area contributed by atoms with Gasteiger partial charge in [0.15, 0.2) is 0 Å². The van der Waals surface area contributed by atoms with Gasteiger partial charge in [-0.25, -0.2) is 9.59 Å². The van der Waals surface area contributed by atoms with Crippen molar-refractivity contribution in [3.63, 3.8) is 0 Å². The van der Waals surface area contributed by atoms with Crippen molar-refractivity contribution >= 4 is 39.6 Å². The van der Waals surface area contributed by atoms with Crippen LogP contribution in [0.2, 0.25) is 5.02 Å². The predicted octanol–water partition coefficient (Wildman–Crippen LogP) is 6.01. The highest BCUT2D eigenvalue weighted by Crippen LogP contribution is 2.31. The second-order valence-electron chi connectivity index (χ2n) is 8.80. The Bertz CT molecular complexity index is 929. The highest BCUT2D eigenvalue weighted by Gasteiger charge is 2.42. The number of hydrogen-bond donors (Lipinski definition) is 0. The molecule has 0 unspecified atom stereocenters. The summed E-state index contributed by atoms with van der Waals surface area (Å²) in [5, 5.41) is 0.646. The first-order valence-electron chi connectivity index (χ1n) is 10.3. The van der Waals surface area contributed by atoms with Gasteiger partial charge in [-0.05, 0) is 78.7 Å². The van der Waals surface area contributed by atoms with Crippen LogP contribution in [-0.4, -0.2) is 35.2 Å². The fraction of sp³-hybridized carbons (Fsp3) is 0.417.